The molecule has 0 fully saturated rings. The average Bonchev–Trinajstić information content (AvgIpc) is 3.85. The molecular formula is C38H59N9O. The lowest BCUT2D eigenvalue weighted by atomic mass is 10.00. The number of oxazole rings is 1. The summed E-state index contributed by atoms with van der Waals surface area (Å²) in [6.07, 6.45) is 13.5. The molecule has 10 heteroatoms. The van der Waals surface area contributed by atoms with Crippen molar-refractivity contribution < 1.29 is 4.42 Å². The van der Waals surface area contributed by atoms with Gasteiger partial charge in [-0.3, -0.25) is 18.7 Å². The Morgan fingerprint density at radius 2 is 1.33 bits per heavy atom. The van der Waals surface area contributed by atoms with Crippen LogP contribution in [0.1, 0.15) is 127 Å². The Bertz CT molecular complexity index is 1610. The Morgan fingerprint density at radius 1 is 0.646 bits per heavy atom. The maximum Gasteiger partial charge on any atom is 0.191 e. The van der Waals surface area contributed by atoms with Crippen molar-refractivity contribution in [2.75, 3.05) is 0 Å². The maximum absolute atomic E-state index is 5.01. The van der Waals surface area contributed by atoms with Gasteiger partial charge >= 0.3 is 0 Å². The molecule has 5 heterocycles. The zero-order valence-electron chi connectivity index (χ0n) is 31.7. The van der Waals surface area contributed by atoms with Crippen LogP contribution >= 0.6 is 0 Å². The molecule has 0 radical (unpaired) electrons. The Morgan fingerprint density at radius 3 is 1.69 bits per heavy atom. The van der Waals surface area contributed by atoms with Crippen LogP contribution in [0.2, 0.25) is 0 Å². The fraction of sp³-hybridized carbons (Fsp3) is 0.500. The topological polar surface area (TPSA) is 97.3 Å². The minimum absolute atomic E-state index is 0.474. The molecule has 6 rings (SSSR count). The molecule has 1 aromatic carbocycles. The van der Waals surface area contributed by atoms with Gasteiger partial charge in [0.25, 0.3) is 0 Å². The highest BCUT2D eigenvalue weighted by molar-refractivity contribution is 5.82. The molecule has 0 saturated heterocycles. The van der Waals surface area contributed by atoms with E-state index < -0.39 is 0 Å². The minimum Gasteiger partial charge on any atom is -0.449 e. The third-order valence-electron chi connectivity index (χ3n) is 7.32. The van der Waals surface area contributed by atoms with E-state index in [9.17, 15) is 0 Å². The van der Waals surface area contributed by atoms with Crippen LogP contribution in [0, 0.1) is 6.92 Å². The van der Waals surface area contributed by atoms with Gasteiger partial charge in [-0.25, -0.2) is 4.98 Å². The Hall–Kier alpha value is -4.47. The standard InChI is InChI=1S/C11H14N2.2C7H12N2.C7H11NO.C6H10N2/c1-8(2)9-5-4-6-11-10(9)7-13(3)12-11;1-6(2)7-4-8-9(3)5-7;1-6(2)7-4-5-9(3)8-7;1-5(2)7-4-9-6(3)8-7;1-6(2)8-5-3-4-7-8/h4-8H,1-3H3;2*4-6H,1-3H3;4-5H,1-3H3;3-6H,1-2H3. The van der Waals surface area contributed by atoms with Gasteiger partial charge in [0.05, 0.1) is 23.1 Å². The molecule has 0 aliphatic heterocycles. The second-order valence-corrected chi connectivity index (χ2v) is 13.4. The van der Waals surface area contributed by atoms with Gasteiger partial charge in [0.15, 0.2) is 5.89 Å². The largest absolute Gasteiger partial charge is 0.449 e. The SMILES string of the molecule is CC(C)c1cccc2nn(C)cc12.CC(C)c1ccn(C)n1.CC(C)c1cnn(C)c1.CC(C)n1cccn1.Cc1nc(C(C)C)co1. The number of hydrogen-bond donors (Lipinski definition) is 0. The van der Waals surface area contributed by atoms with Crippen LogP contribution in [-0.2, 0) is 21.1 Å². The molecule has 48 heavy (non-hydrogen) atoms. The van der Waals surface area contributed by atoms with Crippen molar-refractivity contribution in [3.8, 4) is 0 Å². The van der Waals surface area contributed by atoms with Crippen molar-refractivity contribution in [2.24, 2.45) is 21.1 Å². The predicted molar refractivity (Wildman–Crippen MR) is 197 cm³/mol. The molecule has 5 aromatic heterocycles. The third kappa shape index (κ3) is 13.3. The fourth-order valence-electron chi connectivity index (χ4n) is 4.40. The van der Waals surface area contributed by atoms with Gasteiger partial charge in [-0.2, -0.15) is 20.4 Å². The average molecular weight is 658 g/mol. The molecule has 0 spiro atoms. The zero-order chi connectivity index (χ0) is 36.0. The van der Waals surface area contributed by atoms with Gasteiger partial charge in [0, 0.05) is 70.5 Å². The van der Waals surface area contributed by atoms with Crippen molar-refractivity contribution in [2.45, 2.75) is 106 Å². The lowest BCUT2D eigenvalue weighted by Gasteiger charge is -2.04. The van der Waals surface area contributed by atoms with Crippen LogP contribution in [0.15, 0.2) is 78.2 Å². The number of aromatic nitrogens is 9. The summed E-state index contributed by atoms with van der Waals surface area (Å²) >= 11 is 0. The van der Waals surface area contributed by atoms with Crippen LogP contribution in [0.4, 0.5) is 0 Å². The van der Waals surface area contributed by atoms with Gasteiger partial charge in [0.2, 0.25) is 0 Å². The highest BCUT2D eigenvalue weighted by Gasteiger charge is 2.07. The predicted octanol–water partition coefficient (Wildman–Crippen LogP) is 9.35. The second kappa shape index (κ2) is 19.4. The van der Waals surface area contributed by atoms with Gasteiger partial charge in [-0.05, 0) is 66.8 Å². The summed E-state index contributed by atoms with van der Waals surface area (Å²) < 4.78 is 12.5. The smallest absolute Gasteiger partial charge is 0.191 e. The molecule has 262 valence electrons. The van der Waals surface area contributed by atoms with Crippen LogP contribution in [0.25, 0.3) is 10.9 Å². The van der Waals surface area contributed by atoms with Gasteiger partial charge in [0.1, 0.15) is 6.26 Å². The highest BCUT2D eigenvalue weighted by atomic mass is 16.3. The first-order valence-electron chi connectivity index (χ1n) is 16.9. The van der Waals surface area contributed by atoms with E-state index >= 15 is 0 Å². The van der Waals surface area contributed by atoms with E-state index in [2.05, 4.69) is 119 Å². The maximum atomic E-state index is 5.01. The molecule has 0 aliphatic rings. The molecule has 10 nitrogen and oxygen atoms in total. The normalized spacial score (nSPS) is 10.8. The zero-order valence-corrected chi connectivity index (χ0v) is 31.7. The van der Waals surface area contributed by atoms with E-state index in [4.69, 9.17) is 4.42 Å². The number of fused-ring (bicyclic) bond motifs is 1. The van der Waals surface area contributed by atoms with Crippen molar-refractivity contribution >= 4 is 10.9 Å². The van der Waals surface area contributed by atoms with E-state index in [-0.39, 0.29) is 0 Å². The molecule has 6 aromatic rings. The van der Waals surface area contributed by atoms with E-state index in [1.165, 1.54) is 16.5 Å². The quantitative estimate of drug-likeness (QED) is 0.183. The number of hydrogen-bond acceptors (Lipinski definition) is 6. The summed E-state index contributed by atoms with van der Waals surface area (Å²) in [5.74, 6) is 2.93. The first-order chi connectivity index (χ1) is 22.6. The summed E-state index contributed by atoms with van der Waals surface area (Å²) in [7, 11) is 5.84. The van der Waals surface area contributed by atoms with Crippen molar-refractivity contribution in [1.29, 1.82) is 0 Å². The number of benzene rings is 1. The van der Waals surface area contributed by atoms with Gasteiger partial charge < -0.3 is 4.42 Å². The van der Waals surface area contributed by atoms with Crippen LogP contribution < -0.4 is 0 Å². The first kappa shape index (κ1) is 39.7. The lowest BCUT2D eigenvalue weighted by Crippen LogP contribution is -1.99. The molecule has 0 atom stereocenters. The minimum atomic E-state index is 0.474. The summed E-state index contributed by atoms with van der Waals surface area (Å²) in [5, 5.41) is 18.0. The van der Waals surface area contributed by atoms with Crippen molar-refractivity contribution in [3.05, 3.63) is 102 Å². The second-order valence-electron chi connectivity index (χ2n) is 13.4. The third-order valence-corrected chi connectivity index (χ3v) is 7.32. The van der Waals surface area contributed by atoms with Crippen molar-refractivity contribution in [1.82, 2.24) is 44.1 Å². The Kier molecular flexibility index (Phi) is 16.0. The summed E-state index contributed by atoms with van der Waals surface area (Å²) in [5.41, 5.74) is 5.97. The Balaban J connectivity index is 0.000000211. The summed E-state index contributed by atoms with van der Waals surface area (Å²) in [6, 6.07) is 10.8. The van der Waals surface area contributed by atoms with Crippen LogP contribution in [0.5, 0.6) is 0 Å². The summed E-state index contributed by atoms with van der Waals surface area (Å²) in [6.45, 7) is 23.3. The lowest BCUT2D eigenvalue weighted by molar-refractivity contribution is 0.520. The number of rotatable bonds is 5. The van der Waals surface area contributed by atoms with Gasteiger partial charge in [-0.15, -0.1) is 0 Å². The molecule has 0 aliphatic carbocycles. The van der Waals surface area contributed by atoms with E-state index in [0.717, 1.165) is 22.8 Å². The van der Waals surface area contributed by atoms with Crippen LogP contribution in [0.3, 0.4) is 0 Å². The van der Waals surface area contributed by atoms with Crippen LogP contribution in [-0.4, -0.2) is 44.1 Å². The van der Waals surface area contributed by atoms with E-state index in [0.29, 0.717) is 29.7 Å². The molecule has 0 N–H and O–H groups in total. The number of nitrogens with zero attached hydrogens (tertiary/aromatic N) is 9. The van der Waals surface area contributed by atoms with Gasteiger partial charge in [-0.1, -0.05) is 67.5 Å². The fourth-order valence-corrected chi connectivity index (χ4v) is 4.40. The van der Waals surface area contributed by atoms with E-state index in [1.807, 2.05) is 83.7 Å². The summed E-state index contributed by atoms with van der Waals surface area (Å²) in [4.78, 5) is 4.14. The Labute approximate surface area is 288 Å². The molecular weight excluding hydrogens is 598 g/mol. The molecule has 0 bridgehead atoms. The highest BCUT2D eigenvalue weighted by Crippen LogP contribution is 2.24. The molecule has 0 unspecified atom stereocenters. The van der Waals surface area contributed by atoms with E-state index in [1.54, 1.807) is 12.5 Å². The monoisotopic (exact) mass is 657 g/mol. The number of aryl methyl sites for hydroxylation is 4. The molecule has 0 amide bonds. The molecule has 0 saturated carbocycles. The van der Waals surface area contributed by atoms with Crippen molar-refractivity contribution in [3.63, 3.8) is 0 Å². The first-order valence-corrected chi connectivity index (χ1v) is 16.9.